The Kier molecular flexibility index (Phi) is 9.60. The van der Waals surface area contributed by atoms with Crippen molar-refractivity contribution in [1.82, 2.24) is 0 Å². The van der Waals surface area contributed by atoms with E-state index in [2.05, 4.69) is 157 Å². The van der Waals surface area contributed by atoms with Gasteiger partial charge in [0.05, 0.1) is 18.2 Å². The number of hydrogen-bond acceptors (Lipinski definition) is 1. The Labute approximate surface area is 379 Å². The zero-order valence-electron chi connectivity index (χ0n) is 34.7. The van der Waals surface area contributed by atoms with Crippen LogP contribution in [0.5, 0.6) is 0 Å². The molecule has 0 N–H and O–H groups in total. The molecule has 278 valence electrons. The van der Waals surface area contributed by atoms with Crippen molar-refractivity contribution in [2.24, 2.45) is 0 Å². The van der Waals surface area contributed by atoms with Gasteiger partial charge in [-0.15, -0.1) is 0 Å². The van der Waals surface area contributed by atoms with Gasteiger partial charge in [0.25, 0.3) is 0 Å². The topological polar surface area (TPSA) is 28.1 Å². The molecule has 0 saturated heterocycles. The van der Waals surface area contributed by atoms with Crippen molar-refractivity contribution in [1.29, 1.82) is 5.26 Å². The minimum absolute atomic E-state index is 0.519. The van der Waals surface area contributed by atoms with E-state index in [0.717, 1.165) is 33.0 Å². The van der Waals surface area contributed by atoms with Crippen LogP contribution in [0.2, 0.25) is 0 Å². The van der Waals surface area contributed by atoms with Crippen LogP contribution in [0, 0.1) is 17.9 Å². The van der Waals surface area contributed by atoms with Crippen molar-refractivity contribution in [2.45, 2.75) is 0 Å². The van der Waals surface area contributed by atoms with E-state index < -0.39 is 19.2 Å². The van der Waals surface area contributed by atoms with Crippen LogP contribution < -0.4 is 0 Å². The Bertz CT molecular complexity index is 3910. The minimum Gasteiger partial charge on any atom is -0.238 e. The summed E-state index contributed by atoms with van der Waals surface area (Å²) in [6.07, 6.45) is -1.78. The Balaban J connectivity index is 0.000000524. The Hall–Kier alpha value is -7.26. The zero-order valence-corrected chi connectivity index (χ0v) is 34.7. The fraction of sp³-hybridized carbons (Fsp3) is 0. The van der Waals surface area contributed by atoms with Gasteiger partial charge in [-0.3, -0.25) is 0 Å². The Morgan fingerprint density at radius 3 is 1.66 bits per heavy atom. The highest BCUT2D eigenvalue weighted by Crippen LogP contribution is 2.55. The number of nitrogens with zero attached hydrogens (tertiary/aromatic N) is 2. The van der Waals surface area contributed by atoms with Crippen molar-refractivity contribution < 1.29 is 0 Å². The van der Waals surface area contributed by atoms with Gasteiger partial charge >= 0.3 is 0 Å². The lowest BCUT2D eigenvalue weighted by molar-refractivity contribution is 1.49. The largest absolute Gasteiger partial charge is 0.238 e. The third-order valence-corrected chi connectivity index (χ3v) is 13.0. The lowest BCUT2D eigenvalue weighted by Gasteiger charge is -2.19. The average Bonchev–Trinajstić information content (AvgIpc) is 3.84. The third kappa shape index (κ3) is 6.04. The molecule has 10 radical (unpaired) electrons. The summed E-state index contributed by atoms with van der Waals surface area (Å²) in [6.45, 7) is 8.02. The lowest BCUT2D eigenvalue weighted by Crippen LogP contribution is -2.52. The molecular weight excluding hydrogens is 763 g/mol. The molecule has 0 saturated carbocycles. The van der Waals surface area contributed by atoms with Gasteiger partial charge in [0.15, 0.2) is 5.69 Å². The highest BCUT2D eigenvalue weighted by Gasteiger charge is 2.27. The van der Waals surface area contributed by atoms with Crippen molar-refractivity contribution >= 4 is 150 Å². The van der Waals surface area contributed by atoms with E-state index in [-0.39, 0.29) is 0 Å². The van der Waals surface area contributed by atoms with Crippen LogP contribution in [0.1, 0.15) is 5.56 Å². The summed E-state index contributed by atoms with van der Waals surface area (Å²) >= 11 is 0. The van der Waals surface area contributed by atoms with Crippen LogP contribution in [0.3, 0.4) is 0 Å². The average molecular weight is 791 g/mol. The van der Waals surface area contributed by atoms with E-state index in [1.165, 1.54) is 86.5 Å². The van der Waals surface area contributed by atoms with E-state index in [9.17, 15) is 5.26 Å². The molecular formula is C54H28B8N2. The summed E-state index contributed by atoms with van der Waals surface area (Å²) in [5, 5.41) is 29.5. The molecule has 0 aliphatic carbocycles. The first-order valence-electron chi connectivity index (χ1n) is 21.3. The first-order valence-corrected chi connectivity index (χ1v) is 21.3. The van der Waals surface area contributed by atoms with Gasteiger partial charge in [-0.25, -0.2) is 4.85 Å². The standard InChI is InChI=1S/C54H28N2.B8/c1-56-35-16-7-15-34(28-35)48-47-29-46-39-19-5-4-18-38(39)41-21-9-23-43(51(41)46)52(47)49(33-14-6-11-31(27-33)30-55)54-44-24-10-22-42-40(25-26-45(50(42)44)53(48)54)37-20-8-13-32-12-2-3-17-36(32)37;1-6(2)8(5)7(3)4/h2-29H;. The fourth-order valence-electron chi connectivity index (χ4n) is 10.2. The second-order valence-corrected chi connectivity index (χ2v) is 16.6. The van der Waals surface area contributed by atoms with E-state index >= 15 is 0 Å². The van der Waals surface area contributed by atoms with Crippen LogP contribution in [0.25, 0.3) is 124 Å². The molecule has 0 spiro atoms. The molecule has 0 aromatic heterocycles. The quantitative estimate of drug-likeness (QED) is 0.0969. The molecule has 0 heterocycles. The molecule has 0 amide bonds. The molecule has 0 fully saturated rings. The van der Waals surface area contributed by atoms with E-state index in [4.69, 9.17) is 45.3 Å². The summed E-state index contributed by atoms with van der Waals surface area (Å²) in [5.41, 5.74) is 7.95. The van der Waals surface area contributed by atoms with Gasteiger partial charge in [0.2, 0.25) is 0 Å². The normalized spacial score (nSPS) is 11.4. The second kappa shape index (κ2) is 15.5. The van der Waals surface area contributed by atoms with Gasteiger partial charge in [-0.05, 0) is 144 Å². The third-order valence-electron chi connectivity index (χ3n) is 13.0. The van der Waals surface area contributed by atoms with E-state index in [1.54, 1.807) is 0 Å². The summed E-state index contributed by atoms with van der Waals surface area (Å²) in [6, 6.07) is 63.1. The SMILES string of the molecule is [B]B([B])B([B])B([B])[B].[C-]#[N+]c1cccc(-c2c3cc4c5ccccc5c5cccc(c3c(-c3cccc(C#N)c3)c3c6cccc7c(-c8cccc9ccccc89)ccc(c23)c76)c54)c1. The predicted molar refractivity (Wildman–Crippen MR) is 282 cm³/mol. The summed E-state index contributed by atoms with van der Waals surface area (Å²) in [7, 11) is 25.8. The van der Waals surface area contributed by atoms with Gasteiger partial charge in [0.1, 0.15) is 0 Å². The molecule has 64 heavy (non-hydrogen) atoms. The lowest BCUT2D eigenvalue weighted by atomic mass is 8.68. The maximum atomic E-state index is 10.2. The van der Waals surface area contributed by atoms with Crippen LogP contribution in [-0.2, 0) is 0 Å². The number of fused-ring (bicyclic) bond motifs is 9. The molecule has 2 nitrogen and oxygen atoms in total. The molecule has 10 heteroatoms. The number of benzene rings is 10. The predicted octanol–water partition coefficient (Wildman–Crippen LogP) is 12.2. The van der Waals surface area contributed by atoms with Gasteiger partial charge in [-0.2, -0.15) is 5.26 Å². The molecule has 0 aliphatic heterocycles. The van der Waals surface area contributed by atoms with Crippen molar-refractivity contribution in [3.63, 3.8) is 0 Å². The van der Waals surface area contributed by atoms with E-state index in [1.807, 2.05) is 24.3 Å². The van der Waals surface area contributed by atoms with Crippen LogP contribution in [-0.4, -0.2) is 57.8 Å². The van der Waals surface area contributed by atoms with Gasteiger partial charge in [-0.1, -0.05) is 146 Å². The summed E-state index contributed by atoms with van der Waals surface area (Å²) in [5.74, 6) is 0. The highest BCUT2D eigenvalue weighted by atomic mass is 14.6. The highest BCUT2D eigenvalue weighted by molar-refractivity contribution is 7.89. The smallest absolute Gasteiger partial charge is 0.187 e. The molecule has 0 bridgehead atoms. The van der Waals surface area contributed by atoms with E-state index in [0.29, 0.717) is 11.3 Å². The van der Waals surface area contributed by atoms with Crippen molar-refractivity contribution in [3.05, 3.63) is 187 Å². The molecule has 12 rings (SSSR count). The molecule has 12 aromatic carbocycles. The first-order chi connectivity index (χ1) is 31.3. The van der Waals surface area contributed by atoms with Gasteiger partial charge in [0, 0.05) is 57.8 Å². The number of hydrogen-bond donors (Lipinski definition) is 0. The van der Waals surface area contributed by atoms with Crippen molar-refractivity contribution in [2.75, 3.05) is 0 Å². The second-order valence-electron chi connectivity index (χ2n) is 16.6. The molecule has 12 aromatic rings. The number of nitriles is 1. The Morgan fingerprint density at radius 2 is 0.938 bits per heavy atom. The Morgan fingerprint density at radius 1 is 0.406 bits per heavy atom. The molecule has 0 atom stereocenters. The van der Waals surface area contributed by atoms with Crippen molar-refractivity contribution in [3.8, 4) is 39.4 Å². The summed E-state index contributed by atoms with van der Waals surface area (Å²) < 4.78 is 0. The van der Waals surface area contributed by atoms with Crippen LogP contribution in [0.4, 0.5) is 5.69 Å². The minimum atomic E-state index is -0.630. The zero-order chi connectivity index (χ0) is 43.8. The van der Waals surface area contributed by atoms with Crippen LogP contribution in [0.15, 0.2) is 170 Å². The maximum absolute atomic E-state index is 10.2. The monoisotopic (exact) mass is 792 g/mol. The molecule has 0 aliphatic rings. The fourth-order valence-corrected chi connectivity index (χ4v) is 10.2. The maximum Gasteiger partial charge on any atom is 0.187 e. The van der Waals surface area contributed by atoms with Crippen LogP contribution >= 0.6 is 0 Å². The molecule has 0 unspecified atom stereocenters. The first kappa shape index (κ1) is 39.6. The van der Waals surface area contributed by atoms with Gasteiger partial charge < -0.3 is 0 Å². The number of rotatable bonds is 5. The summed E-state index contributed by atoms with van der Waals surface area (Å²) in [4.78, 5) is 3.90.